The average molecular weight is 578 g/mol. The molecule has 0 heterocycles. The summed E-state index contributed by atoms with van der Waals surface area (Å²) in [6, 6.07) is 52.0. The number of hydrogen-bond acceptors (Lipinski definition) is 1. The highest BCUT2D eigenvalue weighted by Gasteiger charge is 2.37. The Balaban J connectivity index is 1.30. The second-order valence-corrected chi connectivity index (χ2v) is 13.8. The molecule has 9 rings (SSSR count). The van der Waals surface area contributed by atoms with Crippen LogP contribution in [0.15, 0.2) is 140 Å². The molecule has 0 atom stereocenters. The summed E-state index contributed by atoms with van der Waals surface area (Å²) in [4.78, 5) is 2.48. The summed E-state index contributed by atoms with van der Waals surface area (Å²) in [6.07, 6.45) is 0. The van der Waals surface area contributed by atoms with Gasteiger partial charge in [-0.3, -0.25) is 0 Å². The van der Waals surface area contributed by atoms with Gasteiger partial charge in [-0.1, -0.05) is 131 Å². The molecule has 0 unspecified atom stereocenters. The zero-order valence-corrected chi connectivity index (χ0v) is 26.2. The minimum absolute atomic E-state index is 0.0772. The Labute approximate surface area is 265 Å². The maximum absolute atomic E-state index is 2.48. The van der Waals surface area contributed by atoms with Crippen molar-refractivity contribution in [2.24, 2.45) is 0 Å². The van der Waals surface area contributed by atoms with Crippen molar-refractivity contribution in [2.75, 3.05) is 4.90 Å². The molecule has 0 N–H and O–H groups in total. The normalized spacial score (nSPS) is 15.0. The molecule has 0 aromatic heterocycles. The molecule has 2 aliphatic rings. The molecule has 45 heavy (non-hydrogen) atoms. The number of hydrogen-bond donors (Lipinski definition) is 0. The summed E-state index contributed by atoms with van der Waals surface area (Å²) in [5.41, 5.74) is 14.1. The maximum Gasteiger partial charge on any atom is 0.0471 e. The molecule has 0 bridgehead atoms. The van der Waals surface area contributed by atoms with Crippen molar-refractivity contribution < 1.29 is 0 Å². The van der Waals surface area contributed by atoms with Crippen LogP contribution in [0.3, 0.4) is 0 Å². The largest absolute Gasteiger partial charge is 0.310 e. The van der Waals surface area contributed by atoms with Gasteiger partial charge < -0.3 is 4.90 Å². The predicted octanol–water partition coefficient (Wildman–Crippen LogP) is 12.1. The molecular formula is C44H35N. The van der Waals surface area contributed by atoms with Gasteiger partial charge in [0.2, 0.25) is 0 Å². The van der Waals surface area contributed by atoms with E-state index >= 15 is 0 Å². The molecule has 7 aromatic rings. The highest BCUT2D eigenvalue weighted by molar-refractivity contribution is 6.16. The quantitative estimate of drug-likeness (QED) is 0.188. The smallest absolute Gasteiger partial charge is 0.0471 e. The summed E-state index contributed by atoms with van der Waals surface area (Å²) in [7, 11) is 0. The van der Waals surface area contributed by atoms with Crippen LogP contribution in [0.2, 0.25) is 0 Å². The molecular weight excluding hydrogens is 542 g/mol. The number of rotatable bonds is 4. The first-order chi connectivity index (χ1) is 21.8. The van der Waals surface area contributed by atoms with Crippen molar-refractivity contribution in [1.82, 2.24) is 0 Å². The van der Waals surface area contributed by atoms with Crippen LogP contribution in [0, 0.1) is 0 Å². The summed E-state index contributed by atoms with van der Waals surface area (Å²) in [6.45, 7) is 9.50. The number of benzene rings is 7. The molecule has 0 fully saturated rings. The maximum atomic E-state index is 2.48. The van der Waals surface area contributed by atoms with Crippen LogP contribution in [-0.2, 0) is 10.8 Å². The molecule has 0 radical (unpaired) electrons. The van der Waals surface area contributed by atoms with Crippen LogP contribution in [0.1, 0.15) is 49.9 Å². The van der Waals surface area contributed by atoms with Crippen LogP contribution in [-0.4, -0.2) is 0 Å². The Morgan fingerprint density at radius 2 is 1.00 bits per heavy atom. The Morgan fingerprint density at radius 3 is 1.87 bits per heavy atom. The van der Waals surface area contributed by atoms with Gasteiger partial charge in [-0.15, -0.1) is 0 Å². The lowest BCUT2D eigenvalue weighted by Crippen LogP contribution is -2.18. The SMILES string of the molecule is CC1(C)c2ccccc2-c2ccc(N(c3cccc(-c4ccccc4)c3)c3cc4c5c(ccc6cccc(c65)C4(C)C)c3)cc21. The minimum atomic E-state index is -0.0867. The summed E-state index contributed by atoms with van der Waals surface area (Å²) in [5.74, 6) is 0. The fourth-order valence-corrected chi connectivity index (χ4v) is 8.25. The van der Waals surface area contributed by atoms with Gasteiger partial charge in [0.15, 0.2) is 0 Å². The molecule has 0 saturated carbocycles. The van der Waals surface area contributed by atoms with Crippen molar-refractivity contribution in [3.05, 3.63) is 162 Å². The van der Waals surface area contributed by atoms with Crippen LogP contribution in [0.5, 0.6) is 0 Å². The van der Waals surface area contributed by atoms with Gasteiger partial charge >= 0.3 is 0 Å². The van der Waals surface area contributed by atoms with Crippen LogP contribution < -0.4 is 4.90 Å². The molecule has 0 saturated heterocycles. The van der Waals surface area contributed by atoms with E-state index in [1.165, 1.54) is 77.4 Å². The van der Waals surface area contributed by atoms with Gasteiger partial charge in [0.25, 0.3) is 0 Å². The first-order valence-electron chi connectivity index (χ1n) is 16.0. The lowest BCUT2D eigenvalue weighted by molar-refractivity contribution is 0.660. The molecule has 7 aromatic carbocycles. The number of anilines is 3. The highest BCUT2D eigenvalue weighted by atomic mass is 15.1. The van der Waals surface area contributed by atoms with E-state index in [2.05, 4.69) is 172 Å². The van der Waals surface area contributed by atoms with Crippen molar-refractivity contribution in [1.29, 1.82) is 0 Å². The number of fused-ring (bicyclic) bond motifs is 3. The summed E-state index contributed by atoms with van der Waals surface area (Å²) in [5, 5.41) is 5.44. The first-order valence-corrected chi connectivity index (χ1v) is 16.0. The fraction of sp³-hybridized carbons (Fsp3) is 0.136. The molecule has 1 heteroatoms. The third kappa shape index (κ3) is 3.68. The first kappa shape index (κ1) is 26.3. The van der Waals surface area contributed by atoms with Crippen molar-refractivity contribution in [3.63, 3.8) is 0 Å². The Hall–Kier alpha value is -5.14. The van der Waals surface area contributed by atoms with Gasteiger partial charge in [-0.25, -0.2) is 0 Å². The molecule has 1 nitrogen and oxygen atoms in total. The topological polar surface area (TPSA) is 3.24 Å². The third-order valence-corrected chi connectivity index (χ3v) is 10.6. The van der Waals surface area contributed by atoms with Crippen molar-refractivity contribution in [3.8, 4) is 22.3 Å². The fourth-order valence-electron chi connectivity index (χ4n) is 8.25. The van der Waals surface area contributed by atoms with E-state index in [4.69, 9.17) is 0 Å². The van der Waals surface area contributed by atoms with Crippen LogP contribution >= 0.6 is 0 Å². The summed E-state index contributed by atoms with van der Waals surface area (Å²) < 4.78 is 0. The number of nitrogens with zero attached hydrogens (tertiary/aromatic N) is 1. The van der Waals surface area contributed by atoms with Crippen molar-refractivity contribution in [2.45, 2.75) is 38.5 Å². The Bertz CT molecular complexity index is 2320. The van der Waals surface area contributed by atoms with Crippen LogP contribution in [0.4, 0.5) is 17.1 Å². The van der Waals surface area contributed by atoms with E-state index in [0.29, 0.717) is 0 Å². The minimum Gasteiger partial charge on any atom is -0.310 e. The second-order valence-electron chi connectivity index (χ2n) is 13.8. The lowest BCUT2D eigenvalue weighted by atomic mass is 9.81. The highest BCUT2D eigenvalue weighted by Crippen LogP contribution is 2.53. The van der Waals surface area contributed by atoms with E-state index < -0.39 is 0 Å². The van der Waals surface area contributed by atoms with Gasteiger partial charge in [0.1, 0.15) is 0 Å². The Morgan fingerprint density at radius 1 is 0.378 bits per heavy atom. The van der Waals surface area contributed by atoms with E-state index in [9.17, 15) is 0 Å². The molecule has 0 aliphatic heterocycles. The van der Waals surface area contributed by atoms with Gasteiger partial charge in [-0.05, 0) is 102 Å². The molecule has 0 amide bonds. The monoisotopic (exact) mass is 577 g/mol. The molecule has 216 valence electrons. The van der Waals surface area contributed by atoms with E-state index in [1.807, 2.05) is 0 Å². The Kier molecular flexibility index (Phi) is 5.37. The van der Waals surface area contributed by atoms with Crippen LogP contribution in [0.25, 0.3) is 43.8 Å². The third-order valence-electron chi connectivity index (χ3n) is 10.6. The zero-order chi connectivity index (χ0) is 30.5. The molecule has 0 spiro atoms. The predicted molar refractivity (Wildman–Crippen MR) is 191 cm³/mol. The van der Waals surface area contributed by atoms with Gasteiger partial charge in [0.05, 0.1) is 0 Å². The molecule has 2 aliphatic carbocycles. The van der Waals surface area contributed by atoms with E-state index in [1.54, 1.807) is 0 Å². The standard InChI is InChI=1S/C44H35N/c1-43(2)37-18-9-8-17-35(37)36-23-22-33(26-39(36)43)45(32-16-10-15-30(24-32)28-12-6-5-7-13-28)34-25-31-21-20-29-14-11-19-38-41(29)42(31)40(27-34)44(38,3)4/h5-27H,1-4H3. The van der Waals surface area contributed by atoms with E-state index in [0.717, 1.165) is 5.69 Å². The second kappa shape index (κ2) is 9.19. The van der Waals surface area contributed by atoms with Crippen molar-refractivity contribution >= 4 is 38.6 Å². The lowest BCUT2D eigenvalue weighted by Gasteiger charge is -2.30. The van der Waals surface area contributed by atoms with E-state index in [-0.39, 0.29) is 10.8 Å². The van der Waals surface area contributed by atoms with Gasteiger partial charge in [-0.2, -0.15) is 0 Å². The van der Waals surface area contributed by atoms with Gasteiger partial charge in [0, 0.05) is 27.9 Å². The summed E-state index contributed by atoms with van der Waals surface area (Å²) >= 11 is 0. The zero-order valence-electron chi connectivity index (χ0n) is 26.2. The average Bonchev–Trinajstić information content (AvgIpc) is 3.45.